The highest BCUT2D eigenvalue weighted by Gasteiger charge is 2.36. The van der Waals surface area contributed by atoms with Crippen molar-refractivity contribution in [1.29, 1.82) is 0 Å². The average Bonchev–Trinajstić information content (AvgIpc) is 3.73. The van der Waals surface area contributed by atoms with Crippen LogP contribution in [0.4, 0.5) is 20.2 Å². The number of halogens is 2. The third-order valence-corrected chi connectivity index (χ3v) is 12.6. The maximum absolute atomic E-state index is 14.4. The van der Waals surface area contributed by atoms with Crippen LogP contribution in [0.25, 0.3) is 11.0 Å². The van der Waals surface area contributed by atoms with Gasteiger partial charge in [0, 0.05) is 81.5 Å². The Morgan fingerprint density at radius 1 is 0.933 bits per heavy atom. The number of aromatic amines is 1. The number of pyridine rings is 1. The number of aromatic nitrogens is 2. The Bertz CT molecular complexity index is 2600. The van der Waals surface area contributed by atoms with E-state index >= 15 is 0 Å². The van der Waals surface area contributed by atoms with Gasteiger partial charge in [0.25, 0.3) is 15.9 Å². The molecule has 4 aromatic carbocycles. The molecule has 0 spiro atoms. The Hall–Kier alpha value is -5.87. The molecule has 1 amide bonds. The Kier molecular flexibility index (Phi) is 11.8. The van der Waals surface area contributed by atoms with Gasteiger partial charge in [-0.1, -0.05) is 36.4 Å². The third kappa shape index (κ3) is 8.99. The molecule has 2 aliphatic rings. The number of rotatable bonds is 13. The molecule has 6 aromatic rings. The molecule has 4 heterocycles. The van der Waals surface area contributed by atoms with Crippen molar-refractivity contribution in [3.63, 3.8) is 0 Å². The van der Waals surface area contributed by atoms with Gasteiger partial charge in [0.2, 0.25) is 0 Å². The summed E-state index contributed by atoms with van der Waals surface area (Å²) in [7, 11) is -4.28. The number of nitrogens with one attached hydrogen (secondary N) is 3. The van der Waals surface area contributed by atoms with Crippen LogP contribution in [0.2, 0.25) is 0 Å². The van der Waals surface area contributed by atoms with Crippen LogP contribution in [0.15, 0.2) is 114 Å². The number of hydrogen-bond acceptors (Lipinski definition) is 10. The van der Waals surface area contributed by atoms with Gasteiger partial charge in [-0.2, -0.15) is 0 Å². The number of carbonyl (C=O) groups excluding carboxylic acids is 1. The third-order valence-electron chi connectivity index (χ3n) is 11.3. The molecule has 2 aliphatic heterocycles. The summed E-state index contributed by atoms with van der Waals surface area (Å²) in [6.45, 7) is 6.22. The maximum atomic E-state index is 14.4. The molecule has 4 N–H and O–H groups in total. The normalized spacial score (nSPS) is 16.4. The summed E-state index contributed by atoms with van der Waals surface area (Å²) in [6, 6.07) is 25.7. The number of anilines is 2. The van der Waals surface area contributed by atoms with Crippen LogP contribution in [-0.2, 0) is 20.4 Å². The largest absolute Gasteiger partial charge is 0.455 e. The van der Waals surface area contributed by atoms with E-state index in [9.17, 15) is 27.1 Å². The van der Waals surface area contributed by atoms with Crippen molar-refractivity contribution in [2.45, 2.75) is 30.3 Å². The predicted molar refractivity (Wildman–Crippen MR) is 225 cm³/mol. The monoisotopic (exact) mass is 836 g/mol. The zero-order chi connectivity index (χ0) is 41.9. The van der Waals surface area contributed by atoms with Crippen LogP contribution in [0.5, 0.6) is 11.5 Å². The first kappa shape index (κ1) is 40.9. The number of sulfonamides is 1. The lowest BCUT2D eigenvalue weighted by molar-refractivity contribution is 0.0334. The van der Waals surface area contributed by atoms with Crippen molar-refractivity contribution in [2.24, 2.45) is 5.92 Å². The van der Waals surface area contributed by atoms with Gasteiger partial charge in [-0.3, -0.25) is 9.69 Å². The summed E-state index contributed by atoms with van der Waals surface area (Å²) in [5, 5.41) is 16.3. The van der Waals surface area contributed by atoms with Crippen LogP contribution < -0.4 is 19.7 Å². The van der Waals surface area contributed by atoms with Gasteiger partial charge in [0.05, 0.1) is 16.7 Å². The van der Waals surface area contributed by atoms with Gasteiger partial charge in [-0.25, -0.2) is 26.9 Å². The van der Waals surface area contributed by atoms with E-state index < -0.39 is 33.2 Å². The topological polar surface area (TPSA) is 149 Å². The molecule has 1 atom stereocenters. The van der Waals surface area contributed by atoms with E-state index in [1.165, 1.54) is 24.4 Å². The lowest BCUT2D eigenvalue weighted by Crippen LogP contribution is -2.51. The predicted octanol–water partition coefficient (Wildman–Crippen LogP) is 6.96. The Balaban J connectivity index is 1.00. The summed E-state index contributed by atoms with van der Waals surface area (Å²) in [5.41, 5.74) is 2.10. The van der Waals surface area contributed by atoms with E-state index in [4.69, 9.17) is 9.47 Å². The van der Waals surface area contributed by atoms with Gasteiger partial charge >= 0.3 is 0 Å². The SMILES string of the molecule is Cc1cc(S(=O)(=O)NC(=O)c2ccc(N3CCN(CC(O)(c4ccccc4)c4ccc(F)c(F)c4)CC3)cc2Oc2cnc3[nH]ccc3c2)ccc1NCC1CCOCC1. The first-order valence-electron chi connectivity index (χ1n) is 19.9. The molecular formula is C45H46F2N6O6S. The molecule has 8 rings (SSSR count). The number of benzene rings is 4. The zero-order valence-corrected chi connectivity index (χ0v) is 33.9. The van der Waals surface area contributed by atoms with Crippen molar-refractivity contribution >= 4 is 38.3 Å². The fraction of sp³-hybridized carbons (Fsp3) is 0.289. The highest BCUT2D eigenvalue weighted by atomic mass is 32.2. The number of aryl methyl sites for hydroxylation is 1. The fourth-order valence-electron chi connectivity index (χ4n) is 7.83. The van der Waals surface area contributed by atoms with E-state index in [-0.39, 0.29) is 28.3 Å². The summed E-state index contributed by atoms with van der Waals surface area (Å²) in [4.78, 5) is 25.4. The summed E-state index contributed by atoms with van der Waals surface area (Å²) in [5.74, 6) is -1.96. The van der Waals surface area contributed by atoms with Crippen LogP contribution in [0.3, 0.4) is 0 Å². The first-order chi connectivity index (χ1) is 28.9. The highest BCUT2D eigenvalue weighted by Crippen LogP contribution is 2.35. The minimum Gasteiger partial charge on any atom is -0.455 e. The number of hydrogen-bond donors (Lipinski definition) is 4. The molecule has 0 aliphatic carbocycles. The molecule has 2 saturated heterocycles. The number of nitrogens with zero attached hydrogens (tertiary/aromatic N) is 3. The number of aliphatic hydroxyl groups is 1. The molecule has 2 aromatic heterocycles. The summed E-state index contributed by atoms with van der Waals surface area (Å²) in [6.07, 6.45) is 5.20. The minimum atomic E-state index is -4.28. The number of piperazine rings is 1. The Morgan fingerprint density at radius 3 is 2.47 bits per heavy atom. The van der Waals surface area contributed by atoms with E-state index in [1.807, 2.05) is 19.1 Å². The first-order valence-corrected chi connectivity index (χ1v) is 21.4. The summed E-state index contributed by atoms with van der Waals surface area (Å²) >= 11 is 0. The van der Waals surface area contributed by atoms with Crippen LogP contribution in [0.1, 0.15) is 39.9 Å². The number of ether oxygens (including phenoxy) is 2. The molecule has 312 valence electrons. The number of β-amino-alcohol motifs (C(OH)–C–C–N with tert-alkyl or cyclic N) is 1. The van der Waals surface area contributed by atoms with Gasteiger partial charge < -0.3 is 29.8 Å². The van der Waals surface area contributed by atoms with Gasteiger partial charge in [-0.05, 0) is 97.0 Å². The smallest absolute Gasteiger partial charge is 0.268 e. The second-order valence-corrected chi connectivity index (χ2v) is 17.0. The van der Waals surface area contributed by atoms with Gasteiger partial charge in [-0.15, -0.1) is 0 Å². The second kappa shape index (κ2) is 17.4. The standard InChI is InChI=1S/C45H46F2N6O6S/c1-30-23-37(9-12-41(30)49-27-31-14-21-58-22-15-31)60(56,57)51-44(54)38-10-8-35(26-42(38)59-36-24-32-13-16-48-43(32)50-28-36)53-19-17-52(18-20-53)29-45(55,33-5-3-2-4-6-33)34-7-11-39(46)40(47)25-34/h2-13,16,23-26,28,31,49,55H,14-15,17-22,27,29H2,1H3,(H,48,50)(H,51,54). The van der Waals surface area contributed by atoms with Crippen LogP contribution in [0, 0.1) is 24.5 Å². The van der Waals surface area contributed by atoms with E-state index in [0.29, 0.717) is 49.1 Å². The summed E-state index contributed by atoms with van der Waals surface area (Å²) < 4.78 is 69.6. The maximum Gasteiger partial charge on any atom is 0.268 e. The molecule has 2 fully saturated rings. The lowest BCUT2D eigenvalue weighted by Gasteiger charge is -2.41. The molecule has 1 unspecified atom stereocenters. The molecule has 0 bridgehead atoms. The lowest BCUT2D eigenvalue weighted by atomic mass is 9.85. The quantitative estimate of drug-likeness (QED) is 0.0963. The number of amides is 1. The van der Waals surface area contributed by atoms with E-state index in [1.54, 1.807) is 60.8 Å². The van der Waals surface area contributed by atoms with Crippen molar-refractivity contribution in [1.82, 2.24) is 19.6 Å². The van der Waals surface area contributed by atoms with Crippen molar-refractivity contribution in [3.8, 4) is 11.5 Å². The van der Waals surface area contributed by atoms with Crippen LogP contribution >= 0.6 is 0 Å². The highest BCUT2D eigenvalue weighted by molar-refractivity contribution is 7.90. The second-order valence-electron chi connectivity index (χ2n) is 15.3. The minimum absolute atomic E-state index is 0.000974. The van der Waals surface area contributed by atoms with E-state index in [2.05, 4.69) is 29.8 Å². The van der Waals surface area contributed by atoms with Crippen molar-refractivity contribution < 1.29 is 36.6 Å². The Labute approximate surface area is 347 Å². The van der Waals surface area contributed by atoms with Crippen molar-refractivity contribution in [3.05, 3.63) is 143 Å². The molecule has 0 saturated carbocycles. The van der Waals surface area contributed by atoms with E-state index in [0.717, 1.165) is 67.1 Å². The molecule has 60 heavy (non-hydrogen) atoms. The number of fused-ring (bicyclic) bond motifs is 1. The number of H-pyrrole nitrogens is 1. The molecule has 15 heteroatoms. The zero-order valence-electron chi connectivity index (χ0n) is 33.0. The number of carbonyl (C=O) groups is 1. The molecule has 12 nitrogen and oxygen atoms in total. The van der Waals surface area contributed by atoms with Gasteiger partial charge in [0.15, 0.2) is 11.6 Å². The fourth-order valence-corrected chi connectivity index (χ4v) is 8.88. The van der Waals surface area contributed by atoms with Crippen molar-refractivity contribution in [2.75, 3.05) is 62.7 Å². The van der Waals surface area contributed by atoms with Gasteiger partial charge in [0.1, 0.15) is 22.7 Å². The average molecular weight is 837 g/mol. The molecular weight excluding hydrogens is 791 g/mol. The van der Waals surface area contributed by atoms with Crippen LogP contribution in [-0.4, -0.2) is 86.8 Å². The Morgan fingerprint density at radius 2 is 1.72 bits per heavy atom. The molecule has 0 radical (unpaired) electrons.